The molecule has 0 aromatic carbocycles. The van der Waals surface area contributed by atoms with Crippen LogP contribution < -0.4 is 5.32 Å². The average Bonchev–Trinajstić information content (AvgIpc) is 2.79. The number of methoxy groups -OCH3 is 1. The molecular formula is C12H17N3OS. The van der Waals surface area contributed by atoms with Crippen molar-refractivity contribution in [3.05, 3.63) is 23.5 Å². The molecule has 2 aromatic rings. The molecule has 0 bridgehead atoms. The third-order valence-electron chi connectivity index (χ3n) is 2.64. The predicted molar refractivity (Wildman–Crippen MR) is 70.5 cm³/mol. The SMILES string of the molecule is CCNC(COC)Cc1ncnc2sccc12. The Hall–Kier alpha value is -1.04. The van der Waals surface area contributed by atoms with Crippen LogP contribution in [-0.2, 0) is 11.2 Å². The molecule has 2 aromatic heterocycles. The normalized spacial score (nSPS) is 13.1. The van der Waals surface area contributed by atoms with Gasteiger partial charge >= 0.3 is 0 Å². The molecule has 0 spiro atoms. The summed E-state index contributed by atoms with van der Waals surface area (Å²) in [7, 11) is 1.73. The van der Waals surface area contributed by atoms with E-state index in [9.17, 15) is 0 Å². The Morgan fingerprint density at radius 3 is 3.12 bits per heavy atom. The Balaban J connectivity index is 2.18. The lowest BCUT2D eigenvalue weighted by Crippen LogP contribution is -2.35. The van der Waals surface area contributed by atoms with E-state index < -0.39 is 0 Å². The van der Waals surface area contributed by atoms with Crippen molar-refractivity contribution in [3.8, 4) is 0 Å². The fourth-order valence-corrected chi connectivity index (χ4v) is 2.67. The summed E-state index contributed by atoms with van der Waals surface area (Å²) in [5.41, 5.74) is 1.10. The molecule has 0 amide bonds. The van der Waals surface area contributed by atoms with E-state index in [1.54, 1.807) is 24.8 Å². The summed E-state index contributed by atoms with van der Waals surface area (Å²) in [6, 6.07) is 2.40. The molecule has 0 aliphatic heterocycles. The zero-order valence-electron chi connectivity index (χ0n) is 10.1. The maximum Gasteiger partial charge on any atom is 0.126 e. The second-order valence-corrected chi connectivity index (χ2v) is 4.77. The van der Waals surface area contributed by atoms with E-state index in [-0.39, 0.29) is 0 Å². The monoisotopic (exact) mass is 251 g/mol. The van der Waals surface area contributed by atoms with Crippen molar-refractivity contribution in [2.24, 2.45) is 0 Å². The van der Waals surface area contributed by atoms with Crippen LogP contribution in [0.1, 0.15) is 12.6 Å². The van der Waals surface area contributed by atoms with Gasteiger partial charge in [0.15, 0.2) is 0 Å². The molecular weight excluding hydrogens is 234 g/mol. The summed E-state index contributed by atoms with van der Waals surface area (Å²) in [5, 5.41) is 6.63. The van der Waals surface area contributed by atoms with Crippen LogP contribution in [0.2, 0.25) is 0 Å². The van der Waals surface area contributed by atoms with Crippen LogP contribution in [0.15, 0.2) is 17.8 Å². The second-order valence-electron chi connectivity index (χ2n) is 3.87. The van der Waals surface area contributed by atoms with Gasteiger partial charge in [0.05, 0.1) is 12.3 Å². The number of fused-ring (bicyclic) bond motifs is 1. The number of hydrogen-bond acceptors (Lipinski definition) is 5. The number of hydrogen-bond donors (Lipinski definition) is 1. The number of rotatable bonds is 6. The van der Waals surface area contributed by atoms with E-state index >= 15 is 0 Å². The average molecular weight is 251 g/mol. The van der Waals surface area contributed by atoms with Crippen molar-refractivity contribution in [1.29, 1.82) is 0 Å². The van der Waals surface area contributed by atoms with E-state index in [0.717, 1.165) is 28.9 Å². The van der Waals surface area contributed by atoms with Gasteiger partial charge in [0.25, 0.3) is 0 Å². The van der Waals surface area contributed by atoms with Crippen LogP contribution in [-0.4, -0.2) is 36.3 Å². The molecule has 0 aliphatic carbocycles. The zero-order chi connectivity index (χ0) is 12.1. The topological polar surface area (TPSA) is 47.0 Å². The zero-order valence-corrected chi connectivity index (χ0v) is 11.0. The number of ether oxygens (including phenoxy) is 1. The molecule has 0 fully saturated rings. The maximum absolute atomic E-state index is 5.22. The highest BCUT2D eigenvalue weighted by atomic mass is 32.1. The van der Waals surface area contributed by atoms with E-state index in [2.05, 4.69) is 33.7 Å². The van der Waals surface area contributed by atoms with Gasteiger partial charge < -0.3 is 10.1 Å². The van der Waals surface area contributed by atoms with Gasteiger partial charge in [-0.25, -0.2) is 9.97 Å². The summed E-state index contributed by atoms with van der Waals surface area (Å²) in [5.74, 6) is 0. The summed E-state index contributed by atoms with van der Waals surface area (Å²) in [6.07, 6.45) is 2.52. The molecule has 1 atom stereocenters. The van der Waals surface area contributed by atoms with Gasteiger partial charge in [0.2, 0.25) is 0 Å². The Bertz CT molecular complexity index is 465. The number of nitrogens with one attached hydrogen (secondary N) is 1. The van der Waals surface area contributed by atoms with Crippen molar-refractivity contribution in [3.63, 3.8) is 0 Å². The highest BCUT2D eigenvalue weighted by Crippen LogP contribution is 2.21. The lowest BCUT2D eigenvalue weighted by atomic mass is 10.1. The highest BCUT2D eigenvalue weighted by Gasteiger charge is 2.12. The third kappa shape index (κ3) is 3.00. The van der Waals surface area contributed by atoms with Crippen LogP contribution in [0.5, 0.6) is 0 Å². The first-order valence-corrected chi connectivity index (χ1v) is 6.62. The largest absolute Gasteiger partial charge is 0.383 e. The molecule has 2 heterocycles. The second kappa shape index (κ2) is 6.05. The minimum Gasteiger partial charge on any atom is -0.383 e. The summed E-state index contributed by atoms with van der Waals surface area (Å²) in [4.78, 5) is 9.70. The lowest BCUT2D eigenvalue weighted by Gasteiger charge is -2.16. The van der Waals surface area contributed by atoms with Gasteiger partial charge in [-0.1, -0.05) is 6.92 Å². The number of likely N-dealkylation sites (N-methyl/N-ethyl adjacent to an activating group) is 1. The summed E-state index contributed by atoms with van der Waals surface area (Å²) < 4.78 is 5.22. The van der Waals surface area contributed by atoms with Crippen LogP contribution in [0.4, 0.5) is 0 Å². The minimum atomic E-state index is 0.308. The van der Waals surface area contributed by atoms with Crippen LogP contribution in [0, 0.1) is 0 Å². The van der Waals surface area contributed by atoms with E-state index in [1.165, 1.54) is 0 Å². The van der Waals surface area contributed by atoms with Crippen LogP contribution in [0.3, 0.4) is 0 Å². The molecule has 5 heteroatoms. The smallest absolute Gasteiger partial charge is 0.126 e. The molecule has 0 saturated heterocycles. The molecule has 17 heavy (non-hydrogen) atoms. The van der Waals surface area contributed by atoms with Gasteiger partial charge in [-0.3, -0.25) is 0 Å². The molecule has 1 N–H and O–H groups in total. The Kier molecular flexibility index (Phi) is 4.42. The van der Waals surface area contributed by atoms with Crippen molar-refractivity contribution in [2.45, 2.75) is 19.4 Å². The van der Waals surface area contributed by atoms with Gasteiger partial charge in [-0.15, -0.1) is 11.3 Å². The Morgan fingerprint density at radius 2 is 2.35 bits per heavy atom. The van der Waals surface area contributed by atoms with Gasteiger partial charge in [0, 0.05) is 25.0 Å². The van der Waals surface area contributed by atoms with E-state index in [4.69, 9.17) is 4.74 Å². The molecule has 92 valence electrons. The molecule has 1 unspecified atom stereocenters. The Morgan fingerprint density at radius 1 is 1.47 bits per heavy atom. The van der Waals surface area contributed by atoms with Crippen molar-refractivity contribution in [1.82, 2.24) is 15.3 Å². The summed E-state index contributed by atoms with van der Waals surface area (Å²) in [6.45, 7) is 3.73. The first kappa shape index (κ1) is 12.4. The molecule has 0 saturated carbocycles. The fraction of sp³-hybridized carbons (Fsp3) is 0.500. The fourth-order valence-electron chi connectivity index (χ4n) is 1.92. The number of aromatic nitrogens is 2. The standard InChI is InChI=1S/C12H17N3OS/c1-3-13-9(7-16-2)6-11-10-4-5-17-12(10)15-8-14-11/h4-5,8-9,13H,3,6-7H2,1-2H3. The molecule has 4 nitrogen and oxygen atoms in total. The van der Waals surface area contributed by atoms with Crippen molar-refractivity contribution < 1.29 is 4.74 Å². The van der Waals surface area contributed by atoms with Gasteiger partial charge in [-0.05, 0) is 18.0 Å². The number of nitrogens with zero attached hydrogens (tertiary/aromatic N) is 2. The van der Waals surface area contributed by atoms with Crippen LogP contribution >= 0.6 is 11.3 Å². The van der Waals surface area contributed by atoms with Crippen LogP contribution in [0.25, 0.3) is 10.2 Å². The minimum absolute atomic E-state index is 0.308. The maximum atomic E-state index is 5.22. The molecule has 2 rings (SSSR count). The molecule has 0 radical (unpaired) electrons. The Labute approximate surface area is 105 Å². The first-order chi connectivity index (χ1) is 8.35. The van der Waals surface area contributed by atoms with Gasteiger partial charge in [-0.2, -0.15) is 0 Å². The summed E-state index contributed by atoms with van der Waals surface area (Å²) >= 11 is 1.65. The van der Waals surface area contributed by atoms with Gasteiger partial charge in [0.1, 0.15) is 11.2 Å². The lowest BCUT2D eigenvalue weighted by molar-refractivity contribution is 0.166. The quantitative estimate of drug-likeness (QED) is 0.851. The predicted octanol–water partition coefficient (Wildman–Crippen LogP) is 1.86. The van der Waals surface area contributed by atoms with E-state index in [0.29, 0.717) is 12.6 Å². The first-order valence-electron chi connectivity index (χ1n) is 5.74. The van der Waals surface area contributed by atoms with Crippen molar-refractivity contribution in [2.75, 3.05) is 20.3 Å². The highest BCUT2D eigenvalue weighted by molar-refractivity contribution is 7.16. The number of thiophene rings is 1. The van der Waals surface area contributed by atoms with Crippen molar-refractivity contribution >= 4 is 21.6 Å². The van der Waals surface area contributed by atoms with E-state index in [1.807, 2.05) is 0 Å². The molecule has 0 aliphatic rings. The third-order valence-corrected chi connectivity index (χ3v) is 3.47.